The van der Waals surface area contributed by atoms with E-state index in [9.17, 15) is 4.79 Å². The summed E-state index contributed by atoms with van der Waals surface area (Å²) in [4.78, 5) is 10.4. The van der Waals surface area contributed by atoms with Gasteiger partial charge in [0.05, 0.1) is 5.71 Å². The van der Waals surface area contributed by atoms with Gasteiger partial charge < -0.3 is 5.41 Å². The van der Waals surface area contributed by atoms with Crippen molar-refractivity contribution in [3.63, 3.8) is 0 Å². The van der Waals surface area contributed by atoms with Crippen molar-refractivity contribution in [2.24, 2.45) is 0 Å². The number of allylic oxidation sites excluding steroid dienone is 2. The van der Waals surface area contributed by atoms with Gasteiger partial charge in [-0.3, -0.25) is 4.79 Å². The molecule has 0 aliphatic carbocycles. The predicted molar refractivity (Wildman–Crippen MR) is 80.7 cm³/mol. The van der Waals surface area contributed by atoms with Gasteiger partial charge >= 0.3 is 0 Å². The molecule has 0 saturated heterocycles. The van der Waals surface area contributed by atoms with Crippen molar-refractivity contribution in [3.05, 3.63) is 60.7 Å². The van der Waals surface area contributed by atoms with Crippen LogP contribution in [0.1, 0.15) is 43.1 Å². The highest BCUT2D eigenvalue weighted by Gasteiger charge is 1.96. The molecule has 18 heavy (non-hydrogen) atoms. The topological polar surface area (TPSA) is 40.9 Å². The molecule has 1 rings (SSSR count). The Kier molecular flexibility index (Phi) is 13.4. The highest BCUT2D eigenvalue weighted by molar-refractivity contribution is 6.06. The lowest BCUT2D eigenvalue weighted by Gasteiger charge is -1.98. The molecule has 0 unspecified atom stereocenters. The molecule has 0 fully saturated rings. The zero-order valence-corrected chi connectivity index (χ0v) is 11.6. The SMILES string of the molecule is C=C.CC.CC/C=C\C(=N)c1ccc(C=O)cc1. The molecule has 1 aromatic carbocycles. The maximum atomic E-state index is 10.4. The molecule has 0 spiro atoms. The largest absolute Gasteiger partial charge is 0.300 e. The number of nitrogens with one attached hydrogen (secondary N) is 1. The quantitative estimate of drug-likeness (QED) is 0.468. The molecule has 0 atom stereocenters. The van der Waals surface area contributed by atoms with E-state index in [-0.39, 0.29) is 0 Å². The third-order valence-corrected chi connectivity index (χ3v) is 1.88. The second kappa shape index (κ2) is 13.1. The fraction of sp³-hybridized carbons (Fsp3) is 0.250. The number of rotatable bonds is 4. The highest BCUT2D eigenvalue weighted by atomic mass is 16.1. The van der Waals surface area contributed by atoms with Crippen LogP contribution < -0.4 is 0 Å². The summed E-state index contributed by atoms with van der Waals surface area (Å²) < 4.78 is 0. The minimum Gasteiger partial charge on any atom is -0.300 e. The van der Waals surface area contributed by atoms with E-state index in [4.69, 9.17) is 5.41 Å². The Balaban J connectivity index is 0. The third kappa shape index (κ3) is 7.34. The number of carbonyl (C=O) groups excluding carboxylic acids is 1. The molecule has 0 aliphatic heterocycles. The van der Waals surface area contributed by atoms with Crippen molar-refractivity contribution in [2.75, 3.05) is 0 Å². The lowest BCUT2D eigenvalue weighted by atomic mass is 10.1. The summed E-state index contributed by atoms with van der Waals surface area (Å²) in [5.74, 6) is 0. The molecule has 0 heterocycles. The Hall–Kier alpha value is -1.96. The van der Waals surface area contributed by atoms with Gasteiger partial charge in [0.1, 0.15) is 6.29 Å². The van der Waals surface area contributed by atoms with Crippen molar-refractivity contribution in [2.45, 2.75) is 27.2 Å². The monoisotopic (exact) mass is 245 g/mol. The Morgan fingerprint density at radius 1 is 1.22 bits per heavy atom. The summed E-state index contributed by atoms with van der Waals surface area (Å²) in [6.45, 7) is 12.0. The normalized spacial score (nSPS) is 8.61. The van der Waals surface area contributed by atoms with Gasteiger partial charge in [0.15, 0.2) is 0 Å². The Bertz CT molecular complexity index is 363. The molecule has 0 radical (unpaired) electrons. The Morgan fingerprint density at radius 3 is 2.11 bits per heavy atom. The van der Waals surface area contributed by atoms with Gasteiger partial charge in [0.25, 0.3) is 0 Å². The first-order chi connectivity index (χ1) is 8.77. The molecular formula is C16H23NO. The molecular weight excluding hydrogens is 222 g/mol. The molecule has 0 amide bonds. The minimum absolute atomic E-state index is 0.476. The van der Waals surface area contributed by atoms with Crippen LogP contribution in [0, 0.1) is 5.41 Å². The number of hydrogen-bond donors (Lipinski definition) is 1. The molecule has 1 N–H and O–H groups in total. The summed E-state index contributed by atoms with van der Waals surface area (Å²) in [6, 6.07) is 7.01. The van der Waals surface area contributed by atoms with Gasteiger partial charge in [0.2, 0.25) is 0 Å². The molecule has 1 aromatic rings. The molecule has 2 heteroatoms. The number of benzene rings is 1. The van der Waals surface area contributed by atoms with Gasteiger partial charge in [-0.2, -0.15) is 0 Å². The van der Waals surface area contributed by atoms with Crippen molar-refractivity contribution < 1.29 is 4.79 Å². The van der Waals surface area contributed by atoms with Crippen LogP contribution in [0.3, 0.4) is 0 Å². The average Bonchev–Trinajstić information content (AvgIpc) is 2.49. The van der Waals surface area contributed by atoms with Gasteiger partial charge in [-0.1, -0.05) is 51.1 Å². The number of aldehydes is 1. The third-order valence-electron chi connectivity index (χ3n) is 1.88. The van der Waals surface area contributed by atoms with Crippen LogP contribution in [0.5, 0.6) is 0 Å². The maximum absolute atomic E-state index is 10.4. The lowest BCUT2D eigenvalue weighted by molar-refractivity contribution is 0.112. The van der Waals surface area contributed by atoms with Gasteiger partial charge in [-0.15, -0.1) is 13.2 Å². The van der Waals surface area contributed by atoms with Crippen LogP contribution in [-0.4, -0.2) is 12.0 Å². The standard InChI is InChI=1S/C12H13NO.C2H6.C2H4/c1-2-3-4-12(13)11-7-5-10(9-14)6-8-11;2*1-2/h3-9,13H,2H2,1H3;1-2H3;1-2H2/b4-3-,13-12?;;. The van der Waals surface area contributed by atoms with E-state index in [2.05, 4.69) is 13.2 Å². The fourth-order valence-electron chi connectivity index (χ4n) is 1.07. The first kappa shape index (κ1) is 18.4. The zero-order valence-electron chi connectivity index (χ0n) is 11.6. The molecule has 0 saturated carbocycles. The second-order valence-corrected chi connectivity index (χ2v) is 2.96. The molecule has 0 aliphatic rings. The van der Waals surface area contributed by atoms with Crippen LogP contribution in [0.25, 0.3) is 0 Å². The molecule has 2 nitrogen and oxygen atoms in total. The fourth-order valence-corrected chi connectivity index (χ4v) is 1.07. The Labute approximate surface area is 111 Å². The summed E-state index contributed by atoms with van der Waals surface area (Å²) in [7, 11) is 0. The average molecular weight is 245 g/mol. The van der Waals surface area contributed by atoms with Crippen LogP contribution in [0.4, 0.5) is 0 Å². The second-order valence-electron chi connectivity index (χ2n) is 2.96. The van der Waals surface area contributed by atoms with E-state index in [0.717, 1.165) is 18.3 Å². The van der Waals surface area contributed by atoms with E-state index in [0.29, 0.717) is 11.3 Å². The number of carbonyl (C=O) groups is 1. The van der Waals surface area contributed by atoms with Crippen molar-refractivity contribution in [1.82, 2.24) is 0 Å². The predicted octanol–water partition coefficient (Wildman–Crippen LogP) is 4.66. The van der Waals surface area contributed by atoms with Crippen molar-refractivity contribution in [1.29, 1.82) is 5.41 Å². The molecule has 98 valence electrons. The van der Waals surface area contributed by atoms with Crippen LogP contribution in [0.2, 0.25) is 0 Å². The van der Waals surface area contributed by atoms with Crippen molar-refractivity contribution in [3.8, 4) is 0 Å². The smallest absolute Gasteiger partial charge is 0.150 e. The molecule has 0 bridgehead atoms. The maximum Gasteiger partial charge on any atom is 0.150 e. The van der Waals surface area contributed by atoms with Crippen molar-refractivity contribution >= 4 is 12.0 Å². The van der Waals surface area contributed by atoms with E-state index in [1.165, 1.54) is 0 Å². The van der Waals surface area contributed by atoms with E-state index in [1.807, 2.05) is 26.8 Å². The summed E-state index contributed by atoms with van der Waals surface area (Å²) in [5, 5.41) is 7.69. The van der Waals surface area contributed by atoms with Crippen LogP contribution in [0.15, 0.2) is 49.6 Å². The van der Waals surface area contributed by atoms with E-state index >= 15 is 0 Å². The van der Waals surface area contributed by atoms with Crippen LogP contribution >= 0.6 is 0 Å². The molecule has 0 aromatic heterocycles. The minimum atomic E-state index is 0.476. The summed E-state index contributed by atoms with van der Waals surface area (Å²) in [6.07, 6.45) is 5.44. The first-order valence-electron chi connectivity index (χ1n) is 6.08. The van der Waals surface area contributed by atoms with Gasteiger partial charge in [-0.25, -0.2) is 0 Å². The summed E-state index contributed by atoms with van der Waals surface area (Å²) >= 11 is 0. The Morgan fingerprint density at radius 2 is 1.72 bits per heavy atom. The lowest BCUT2D eigenvalue weighted by Crippen LogP contribution is -1.94. The zero-order chi connectivity index (χ0) is 14.4. The first-order valence-corrected chi connectivity index (χ1v) is 6.08. The summed E-state index contributed by atoms with van der Waals surface area (Å²) in [5.41, 5.74) is 1.95. The van der Waals surface area contributed by atoms with Gasteiger partial charge in [-0.05, 0) is 18.1 Å². The van der Waals surface area contributed by atoms with Crippen LogP contribution in [-0.2, 0) is 0 Å². The van der Waals surface area contributed by atoms with Gasteiger partial charge in [0, 0.05) is 5.56 Å². The van der Waals surface area contributed by atoms with E-state index < -0.39 is 0 Å². The van der Waals surface area contributed by atoms with E-state index in [1.54, 1.807) is 30.3 Å². The number of hydrogen-bond acceptors (Lipinski definition) is 2. The highest BCUT2D eigenvalue weighted by Crippen LogP contribution is 2.04.